The minimum atomic E-state index is -3.72. The highest BCUT2D eigenvalue weighted by atomic mass is 32.2. The number of anilines is 1. The molecule has 3 N–H and O–H groups in total. The van der Waals surface area contributed by atoms with Crippen LogP contribution in [-0.2, 0) is 14.8 Å². The fraction of sp³-hybridized carbons (Fsp3) is 0.400. The van der Waals surface area contributed by atoms with Gasteiger partial charge < -0.3 is 20.5 Å². The summed E-state index contributed by atoms with van der Waals surface area (Å²) in [6.07, 6.45) is 0. The molecule has 10 nitrogen and oxygen atoms in total. The number of carbonyl (C=O) groups excluding carboxylic acids is 2. The van der Waals surface area contributed by atoms with E-state index in [1.165, 1.54) is 42.0 Å². The molecule has 0 saturated carbocycles. The van der Waals surface area contributed by atoms with Crippen LogP contribution in [0.1, 0.15) is 17.3 Å². The maximum Gasteiger partial charge on any atom is 0.251 e. The Morgan fingerprint density at radius 3 is 2.34 bits per heavy atom. The van der Waals surface area contributed by atoms with Crippen molar-refractivity contribution in [1.29, 1.82) is 0 Å². The van der Waals surface area contributed by atoms with Gasteiger partial charge in [-0.1, -0.05) is 0 Å². The van der Waals surface area contributed by atoms with Gasteiger partial charge in [0.15, 0.2) is 11.5 Å². The van der Waals surface area contributed by atoms with Crippen molar-refractivity contribution < 1.29 is 27.5 Å². The Bertz CT molecular complexity index is 1090. The lowest BCUT2D eigenvalue weighted by atomic mass is 10.2. The van der Waals surface area contributed by atoms with Crippen molar-refractivity contribution in [3.8, 4) is 11.5 Å². The molecular weight excluding hydrogens is 456 g/mol. The summed E-state index contributed by atoms with van der Waals surface area (Å²) in [5.41, 5.74) is 5.59. The molecule has 0 bridgehead atoms. The van der Waals surface area contributed by atoms with Crippen LogP contribution in [0.2, 0.25) is 0 Å². The number of hydrogen-bond donors (Lipinski definition) is 2. The second kappa shape index (κ2) is 9.86. The number of ether oxygens (including phenoxy) is 2. The smallest absolute Gasteiger partial charge is 0.251 e. The number of methoxy groups -OCH3 is 2. The summed E-state index contributed by atoms with van der Waals surface area (Å²) in [7, 11) is -0.796. The maximum atomic E-state index is 13.1. The SMILES string of the molecule is COc1ccc(S(=O)(=O)N2CCN([C@@H](C)C(=O)Nc3sccc3C(N)=O)CC2)cc1OC. The van der Waals surface area contributed by atoms with Crippen molar-refractivity contribution in [2.24, 2.45) is 5.73 Å². The number of benzene rings is 1. The molecule has 1 aliphatic rings. The number of nitrogens with zero attached hydrogens (tertiary/aromatic N) is 2. The van der Waals surface area contributed by atoms with Gasteiger partial charge >= 0.3 is 0 Å². The molecule has 2 aromatic rings. The summed E-state index contributed by atoms with van der Waals surface area (Å²) in [6, 6.07) is 5.53. The second-order valence-corrected chi connectivity index (χ2v) is 10.0. The number of hydrogen-bond acceptors (Lipinski definition) is 8. The Balaban J connectivity index is 1.64. The van der Waals surface area contributed by atoms with Crippen molar-refractivity contribution in [2.75, 3.05) is 45.7 Å². The lowest BCUT2D eigenvalue weighted by Crippen LogP contribution is -2.53. The molecule has 0 radical (unpaired) electrons. The van der Waals surface area contributed by atoms with E-state index < -0.39 is 22.0 Å². The summed E-state index contributed by atoms with van der Waals surface area (Å²) in [6.45, 7) is 2.98. The van der Waals surface area contributed by atoms with Gasteiger partial charge in [0.25, 0.3) is 5.91 Å². The standard InChI is InChI=1S/C20H26N4O6S2/c1-13(19(26)22-20-15(18(21)25)6-11-31-20)23-7-9-24(10-8-23)32(27,28)14-4-5-16(29-2)17(12-14)30-3/h4-6,11-13H,7-10H2,1-3H3,(H2,21,25)(H,22,26)/t13-/m0/s1. The van der Waals surface area contributed by atoms with E-state index in [1.54, 1.807) is 24.4 Å². The molecular formula is C20H26N4O6S2. The third kappa shape index (κ3) is 4.88. The number of nitrogens with two attached hydrogens (primary N) is 1. The van der Waals surface area contributed by atoms with Gasteiger partial charge in [-0.2, -0.15) is 4.31 Å². The van der Waals surface area contributed by atoms with Crippen LogP contribution in [-0.4, -0.2) is 75.9 Å². The van der Waals surface area contributed by atoms with Crippen molar-refractivity contribution >= 4 is 38.2 Å². The van der Waals surface area contributed by atoms with Gasteiger partial charge in [0.05, 0.1) is 30.7 Å². The van der Waals surface area contributed by atoms with Gasteiger partial charge in [0, 0.05) is 32.2 Å². The van der Waals surface area contributed by atoms with Gasteiger partial charge in [-0.15, -0.1) is 11.3 Å². The molecule has 1 atom stereocenters. The Morgan fingerprint density at radius 1 is 1.09 bits per heavy atom. The number of thiophene rings is 1. The van der Waals surface area contributed by atoms with Crippen LogP contribution < -0.4 is 20.5 Å². The molecule has 32 heavy (non-hydrogen) atoms. The van der Waals surface area contributed by atoms with Crippen LogP contribution in [0.4, 0.5) is 5.00 Å². The zero-order chi connectivity index (χ0) is 23.5. The highest BCUT2D eigenvalue weighted by Crippen LogP contribution is 2.31. The largest absolute Gasteiger partial charge is 0.493 e. The molecule has 1 saturated heterocycles. The molecule has 3 rings (SSSR count). The Kier molecular flexibility index (Phi) is 7.39. The molecule has 0 spiro atoms. The first kappa shape index (κ1) is 24.0. The first-order valence-electron chi connectivity index (χ1n) is 9.83. The van der Waals surface area contributed by atoms with Crippen LogP contribution >= 0.6 is 11.3 Å². The highest BCUT2D eigenvalue weighted by molar-refractivity contribution is 7.89. The van der Waals surface area contributed by atoms with Crippen LogP contribution in [0.3, 0.4) is 0 Å². The molecule has 2 heterocycles. The molecule has 174 valence electrons. The lowest BCUT2D eigenvalue weighted by Gasteiger charge is -2.36. The summed E-state index contributed by atoms with van der Waals surface area (Å²) in [5.74, 6) is -0.114. The highest BCUT2D eigenvalue weighted by Gasteiger charge is 2.32. The first-order valence-corrected chi connectivity index (χ1v) is 12.2. The van der Waals surface area contributed by atoms with E-state index >= 15 is 0 Å². The Hall–Kier alpha value is -2.67. The van der Waals surface area contributed by atoms with Crippen LogP contribution in [0.5, 0.6) is 11.5 Å². The van der Waals surface area contributed by atoms with Crippen LogP contribution in [0, 0.1) is 0 Å². The lowest BCUT2D eigenvalue weighted by molar-refractivity contribution is -0.121. The number of sulfonamides is 1. The average Bonchev–Trinajstić information content (AvgIpc) is 3.26. The van der Waals surface area contributed by atoms with E-state index in [-0.39, 0.29) is 29.5 Å². The third-order valence-corrected chi connectivity index (χ3v) is 8.09. The van der Waals surface area contributed by atoms with Crippen molar-refractivity contribution in [3.63, 3.8) is 0 Å². The summed E-state index contributed by atoms with van der Waals surface area (Å²) in [5, 5.41) is 4.82. The topological polar surface area (TPSA) is 131 Å². The zero-order valence-corrected chi connectivity index (χ0v) is 19.7. The predicted octanol–water partition coefficient (Wildman–Crippen LogP) is 1.20. The number of nitrogens with one attached hydrogen (secondary N) is 1. The summed E-state index contributed by atoms with van der Waals surface area (Å²) >= 11 is 1.22. The normalized spacial score (nSPS) is 16.3. The molecule has 0 aliphatic carbocycles. The first-order chi connectivity index (χ1) is 15.2. The number of carbonyl (C=O) groups is 2. The van der Waals surface area contributed by atoms with E-state index in [1.807, 2.05) is 4.90 Å². The van der Waals surface area contributed by atoms with Crippen LogP contribution in [0.15, 0.2) is 34.5 Å². The molecule has 1 aromatic carbocycles. The van der Waals surface area contributed by atoms with E-state index in [4.69, 9.17) is 15.2 Å². The average molecular weight is 483 g/mol. The molecule has 1 aromatic heterocycles. The van der Waals surface area contributed by atoms with Gasteiger partial charge in [0.1, 0.15) is 5.00 Å². The zero-order valence-electron chi connectivity index (χ0n) is 18.0. The maximum absolute atomic E-state index is 13.1. The number of primary amides is 1. The van der Waals surface area contributed by atoms with Gasteiger partial charge in [-0.3, -0.25) is 14.5 Å². The fourth-order valence-corrected chi connectivity index (χ4v) is 5.67. The Morgan fingerprint density at radius 2 is 1.75 bits per heavy atom. The monoisotopic (exact) mass is 482 g/mol. The van der Waals surface area contributed by atoms with E-state index in [0.717, 1.165) is 0 Å². The molecule has 0 unspecified atom stereocenters. The predicted molar refractivity (Wildman–Crippen MR) is 121 cm³/mol. The fourth-order valence-electron chi connectivity index (χ4n) is 3.44. The van der Waals surface area contributed by atoms with Crippen molar-refractivity contribution in [1.82, 2.24) is 9.21 Å². The van der Waals surface area contributed by atoms with Crippen molar-refractivity contribution in [3.05, 3.63) is 35.2 Å². The number of piperazine rings is 1. The molecule has 1 fully saturated rings. The molecule has 2 amide bonds. The van der Waals surface area contributed by atoms with E-state index in [0.29, 0.717) is 29.6 Å². The molecule has 12 heteroatoms. The van der Waals surface area contributed by atoms with Gasteiger partial charge in [0.2, 0.25) is 15.9 Å². The van der Waals surface area contributed by atoms with E-state index in [9.17, 15) is 18.0 Å². The van der Waals surface area contributed by atoms with Crippen LogP contribution in [0.25, 0.3) is 0 Å². The van der Waals surface area contributed by atoms with Gasteiger partial charge in [-0.25, -0.2) is 8.42 Å². The number of rotatable bonds is 8. The minimum Gasteiger partial charge on any atom is -0.493 e. The number of amides is 2. The Labute approximate surface area is 190 Å². The van der Waals surface area contributed by atoms with Gasteiger partial charge in [-0.05, 0) is 30.5 Å². The van der Waals surface area contributed by atoms with Crippen molar-refractivity contribution in [2.45, 2.75) is 17.9 Å². The minimum absolute atomic E-state index is 0.117. The quantitative estimate of drug-likeness (QED) is 0.578. The summed E-state index contributed by atoms with van der Waals surface area (Å²) in [4.78, 5) is 26.1. The second-order valence-electron chi connectivity index (χ2n) is 7.15. The van der Waals surface area contributed by atoms with E-state index in [2.05, 4.69) is 5.32 Å². The summed E-state index contributed by atoms with van der Waals surface area (Å²) < 4.78 is 37.9. The molecule has 1 aliphatic heterocycles. The third-order valence-electron chi connectivity index (χ3n) is 5.36.